The Labute approximate surface area is 146 Å². The van der Waals surface area contributed by atoms with Crippen LogP contribution in [0.5, 0.6) is 5.75 Å². The zero-order valence-corrected chi connectivity index (χ0v) is 14.7. The lowest BCUT2D eigenvalue weighted by Crippen LogP contribution is -2.38. The van der Waals surface area contributed by atoms with Gasteiger partial charge in [-0.2, -0.15) is 11.8 Å². The average molecular weight is 348 g/mol. The molecule has 24 heavy (non-hydrogen) atoms. The Morgan fingerprint density at radius 1 is 1.33 bits per heavy atom. The smallest absolute Gasteiger partial charge is 0.188 e. The highest BCUT2D eigenvalue weighted by atomic mass is 32.2. The van der Waals surface area contributed by atoms with Crippen LogP contribution in [0.3, 0.4) is 0 Å². The highest BCUT2D eigenvalue weighted by Crippen LogP contribution is 2.19. The molecule has 0 spiro atoms. The lowest BCUT2D eigenvalue weighted by molar-refractivity contribution is 0.409. The minimum atomic E-state index is 0.369. The van der Waals surface area contributed by atoms with Gasteiger partial charge in [-0.15, -0.1) is 0 Å². The molecule has 7 nitrogen and oxygen atoms in total. The predicted octanol–water partition coefficient (Wildman–Crippen LogP) is 1.79. The van der Waals surface area contributed by atoms with Crippen LogP contribution < -0.4 is 15.4 Å². The van der Waals surface area contributed by atoms with Crippen LogP contribution in [0.15, 0.2) is 30.9 Å². The van der Waals surface area contributed by atoms with Crippen molar-refractivity contribution < 1.29 is 4.74 Å². The molecule has 4 N–H and O–H groups in total. The van der Waals surface area contributed by atoms with Crippen molar-refractivity contribution in [3.63, 3.8) is 0 Å². The molecule has 0 aliphatic rings. The third-order valence-corrected chi connectivity index (χ3v) is 4.29. The van der Waals surface area contributed by atoms with Crippen molar-refractivity contribution in [2.45, 2.75) is 18.6 Å². The second-order valence-corrected chi connectivity index (χ2v) is 6.20. The number of nitrogens with zero attached hydrogens (tertiary/aromatic N) is 2. The summed E-state index contributed by atoms with van der Waals surface area (Å²) < 4.78 is 5.28. The van der Waals surface area contributed by atoms with E-state index in [9.17, 15) is 0 Å². The topological polar surface area (TPSA) is 98.7 Å². The van der Waals surface area contributed by atoms with Crippen molar-refractivity contribution in [3.05, 3.63) is 42.2 Å². The fourth-order valence-electron chi connectivity index (χ4n) is 2.11. The summed E-state index contributed by atoms with van der Waals surface area (Å²) in [4.78, 5) is 11.4. The van der Waals surface area contributed by atoms with E-state index in [0.29, 0.717) is 5.96 Å². The maximum Gasteiger partial charge on any atom is 0.188 e. The molecule has 0 bridgehead atoms. The molecule has 0 unspecified atom stereocenters. The molecule has 2 aromatic heterocycles. The predicted molar refractivity (Wildman–Crippen MR) is 97.6 cm³/mol. The second kappa shape index (κ2) is 10.5. The van der Waals surface area contributed by atoms with Gasteiger partial charge in [0.15, 0.2) is 5.96 Å². The maximum absolute atomic E-state index is 7.82. The molecular formula is C16H24N6OS. The quantitative estimate of drug-likeness (QED) is 0.297. The van der Waals surface area contributed by atoms with Gasteiger partial charge in [-0.3, -0.25) is 10.4 Å². The molecule has 0 atom stereocenters. The largest absolute Gasteiger partial charge is 0.495 e. The van der Waals surface area contributed by atoms with Crippen LogP contribution >= 0.6 is 11.8 Å². The van der Waals surface area contributed by atoms with Crippen LogP contribution in [-0.2, 0) is 12.2 Å². The van der Waals surface area contributed by atoms with E-state index in [1.54, 1.807) is 31.4 Å². The number of hydrogen-bond donors (Lipinski definition) is 4. The van der Waals surface area contributed by atoms with E-state index in [0.717, 1.165) is 54.6 Å². The highest BCUT2D eigenvalue weighted by Gasteiger charge is 2.03. The molecule has 0 saturated heterocycles. The van der Waals surface area contributed by atoms with Gasteiger partial charge in [-0.05, 0) is 25.0 Å². The number of aromatic nitrogens is 3. The fourth-order valence-corrected chi connectivity index (χ4v) is 2.91. The number of thioether (sulfide) groups is 1. The summed E-state index contributed by atoms with van der Waals surface area (Å²) in [6.45, 7) is 1.50. The summed E-state index contributed by atoms with van der Waals surface area (Å²) in [6.07, 6.45) is 7.22. The minimum Gasteiger partial charge on any atom is -0.495 e. The van der Waals surface area contributed by atoms with Gasteiger partial charge in [-0.25, -0.2) is 4.98 Å². The van der Waals surface area contributed by atoms with Crippen LogP contribution in [0.25, 0.3) is 0 Å². The monoisotopic (exact) mass is 348 g/mol. The molecule has 0 saturated carbocycles. The average Bonchev–Trinajstić information content (AvgIpc) is 3.12. The van der Waals surface area contributed by atoms with Crippen molar-refractivity contribution in [2.24, 2.45) is 0 Å². The standard InChI is InChI=1S/C16H24N6OS/c1-23-15-5-3-6-19-14(15)11-24-9-8-21-16(17)20-7-2-4-13-10-18-12-22-13/h3,5-6,10,12H,2,4,7-9,11H2,1H3,(H,18,22)(H3,17,20,21). The first-order valence-electron chi connectivity index (χ1n) is 7.89. The Morgan fingerprint density at radius 2 is 2.21 bits per heavy atom. The van der Waals surface area contributed by atoms with Crippen molar-refractivity contribution in [1.29, 1.82) is 5.41 Å². The number of H-pyrrole nitrogens is 1. The molecule has 0 aliphatic heterocycles. The van der Waals surface area contributed by atoms with E-state index in [2.05, 4.69) is 25.6 Å². The van der Waals surface area contributed by atoms with E-state index >= 15 is 0 Å². The fraction of sp³-hybridized carbons (Fsp3) is 0.438. The van der Waals surface area contributed by atoms with Crippen LogP contribution in [0.4, 0.5) is 0 Å². The Kier molecular flexibility index (Phi) is 7.96. The Morgan fingerprint density at radius 3 is 3.00 bits per heavy atom. The number of pyridine rings is 1. The van der Waals surface area contributed by atoms with Crippen molar-refractivity contribution in [1.82, 2.24) is 25.6 Å². The van der Waals surface area contributed by atoms with Gasteiger partial charge in [-0.1, -0.05) is 0 Å². The zero-order chi connectivity index (χ0) is 17.0. The van der Waals surface area contributed by atoms with Crippen molar-refractivity contribution in [2.75, 3.05) is 26.0 Å². The van der Waals surface area contributed by atoms with Crippen molar-refractivity contribution in [3.8, 4) is 5.75 Å². The first-order chi connectivity index (χ1) is 11.8. The van der Waals surface area contributed by atoms with E-state index < -0.39 is 0 Å². The van der Waals surface area contributed by atoms with Gasteiger partial charge in [0.1, 0.15) is 5.75 Å². The SMILES string of the molecule is COc1cccnc1CSCCNC(=N)NCCCc1c[nH]cn1. The van der Waals surface area contributed by atoms with E-state index in [4.69, 9.17) is 10.1 Å². The molecule has 0 radical (unpaired) electrons. The van der Waals surface area contributed by atoms with Gasteiger partial charge in [0.25, 0.3) is 0 Å². The van der Waals surface area contributed by atoms with Crippen molar-refractivity contribution >= 4 is 17.7 Å². The number of nitrogens with one attached hydrogen (secondary N) is 4. The molecular weight excluding hydrogens is 324 g/mol. The Bertz CT molecular complexity index is 604. The lowest BCUT2D eigenvalue weighted by Gasteiger charge is -2.10. The zero-order valence-electron chi connectivity index (χ0n) is 13.8. The van der Waals surface area contributed by atoms with Gasteiger partial charge < -0.3 is 20.4 Å². The van der Waals surface area contributed by atoms with Gasteiger partial charge in [0.05, 0.1) is 24.8 Å². The first-order valence-corrected chi connectivity index (χ1v) is 9.04. The maximum atomic E-state index is 7.82. The van der Waals surface area contributed by atoms with E-state index in [1.807, 2.05) is 18.3 Å². The number of hydrogen-bond acceptors (Lipinski definition) is 5. The van der Waals surface area contributed by atoms with E-state index in [-0.39, 0.29) is 0 Å². The number of guanidine groups is 1. The number of aryl methyl sites for hydroxylation is 1. The second-order valence-electron chi connectivity index (χ2n) is 5.10. The third-order valence-electron chi connectivity index (χ3n) is 3.32. The third kappa shape index (κ3) is 6.49. The Balaban J connectivity index is 1.50. The molecule has 2 rings (SSSR count). The minimum absolute atomic E-state index is 0.369. The van der Waals surface area contributed by atoms with Crippen LogP contribution in [-0.4, -0.2) is 46.9 Å². The molecule has 0 fully saturated rings. The number of aromatic amines is 1. The molecule has 8 heteroatoms. The summed E-state index contributed by atoms with van der Waals surface area (Å²) in [5, 5.41) is 14.0. The molecule has 130 valence electrons. The van der Waals surface area contributed by atoms with E-state index in [1.165, 1.54) is 0 Å². The molecule has 0 amide bonds. The van der Waals surface area contributed by atoms with Crippen LogP contribution in [0.1, 0.15) is 17.8 Å². The van der Waals surface area contributed by atoms with Gasteiger partial charge in [0, 0.05) is 37.0 Å². The van der Waals surface area contributed by atoms with Crippen LogP contribution in [0.2, 0.25) is 0 Å². The normalized spacial score (nSPS) is 10.4. The van der Waals surface area contributed by atoms with Gasteiger partial charge in [0.2, 0.25) is 0 Å². The molecule has 0 aromatic carbocycles. The summed E-state index contributed by atoms with van der Waals surface area (Å²) in [5.41, 5.74) is 2.01. The number of ether oxygens (including phenoxy) is 1. The summed E-state index contributed by atoms with van der Waals surface area (Å²) in [7, 11) is 1.66. The number of methoxy groups -OCH3 is 1. The van der Waals surface area contributed by atoms with Gasteiger partial charge >= 0.3 is 0 Å². The molecule has 0 aliphatic carbocycles. The first kappa shape index (κ1) is 18.1. The number of imidazole rings is 1. The van der Waals surface area contributed by atoms with Crippen LogP contribution in [0, 0.1) is 5.41 Å². The Hall–Kier alpha value is -2.22. The lowest BCUT2D eigenvalue weighted by atomic mass is 10.2. The molecule has 2 heterocycles. The summed E-state index contributed by atoms with van der Waals surface area (Å²) in [5.74, 6) is 2.89. The molecule has 2 aromatic rings. The summed E-state index contributed by atoms with van der Waals surface area (Å²) >= 11 is 1.76. The number of rotatable bonds is 10. The highest BCUT2D eigenvalue weighted by molar-refractivity contribution is 7.98. The summed E-state index contributed by atoms with van der Waals surface area (Å²) in [6, 6.07) is 3.79.